The van der Waals surface area contributed by atoms with Gasteiger partial charge in [-0.05, 0) is 25.0 Å². The Hall–Kier alpha value is -2.12. The number of ether oxygens (including phenoxy) is 2. The van der Waals surface area contributed by atoms with Crippen molar-refractivity contribution in [3.8, 4) is 5.75 Å². The zero-order chi connectivity index (χ0) is 16.8. The first-order valence-corrected chi connectivity index (χ1v) is 7.59. The quantitative estimate of drug-likeness (QED) is 0.800. The Morgan fingerprint density at radius 2 is 2.17 bits per heavy atom. The first-order valence-electron chi connectivity index (χ1n) is 7.59. The summed E-state index contributed by atoms with van der Waals surface area (Å²) >= 11 is 0. The van der Waals surface area contributed by atoms with Gasteiger partial charge in [0.05, 0.1) is 6.10 Å². The Morgan fingerprint density at radius 1 is 1.39 bits per heavy atom. The molecule has 0 spiro atoms. The molecule has 0 unspecified atom stereocenters. The summed E-state index contributed by atoms with van der Waals surface area (Å²) in [5.41, 5.74) is 6.14. The normalized spacial score (nSPS) is 20.1. The number of anilines is 1. The van der Waals surface area contributed by atoms with Crippen molar-refractivity contribution in [1.29, 1.82) is 0 Å². The van der Waals surface area contributed by atoms with E-state index in [1.165, 1.54) is 4.90 Å². The smallest absolute Gasteiger partial charge is 0.259 e. The number of rotatable bonds is 6. The summed E-state index contributed by atoms with van der Waals surface area (Å²) < 4.78 is 11.0. The van der Waals surface area contributed by atoms with Crippen molar-refractivity contribution in [1.82, 2.24) is 4.90 Å². The molecule has 2 rings (SSSR count). The van der Waals surface area contributed by atoms with E-state index in [0.717, 1.165) is 6.42 Å². The zero-order valence-electron chi connectivity index (χ0n) is 13.5. The summed E-state index contributed by atoms with van der Waals surface area (Å²) in [4.78, 5) is 25.1. The molecule has 1 aliphatic rings. The highest BCUT2D eigenvalue weighted by Crippen LogP contribution is 2.22. The van der Waals surface area contributed by atoms with Crippen LogP contribution >= 0.6 is 0 Å². The third-order valence-electron chi connectivity index (χ3n) is 3.63. The molecule has 1 aromatic rings. The molecule has 7 nitrogen and oxygen atoms in total. The lowest BCUT2D eigenvalue weighted by atomic mass is 10.2. The highest BCUT2D eigenvalue weighted by molar-refractivity contribution is 5.94. The topological polar surface area (TPSA) is 93.9 Å². The lowest BCUT2D eigenvalue weighted by molar-refractivity contribution is -0.130. The van der Waals surface area contributed by atoms with Crippen molar-refractivity contribution in [3.63, 3.8) is 0 Å². The maximum atomic E-state index is 12.2. The second-order valence-electron chi connectivity index (χ2n) is 5.65. The van der Waals surface area contributed by atoms with Gasteiger partial charge in [0.15, 0.2) is 6.61 Å². The molecule has 0 aromatic heterocycles. The number of benzene rings is 1. The van der Waals surface area contributed by atoms with Crippen LogP contribution in [0.5, 0.6) is 5.75 Å². The molecule has 2 amide bonds. The number of nitrogens with one attached hydrogen (secondary N) is 1. The summed E-state index contributed by atoms with van der Waals surface area (Å²) in [5.74, 6) is 0.194. The van der Waals surface area contributed by atoms with Crippen LogP contribution in [0.15, 0.2) is 24.3 Å². The summed E-state index contributed by atoms with van der Waals surface area (Å²) in [6.07, 6.45) is 0.951. The van der Waals surface area contributed by atoms with Crippen molar-refractivity contribution in [2.24, 2.45) is 5.73 Å². The van der Waals surface area contributed by atoms with Gasteiger partial charge in [0.2, 0.25) is 0 Å². The van der Waals surface area contributed by atoms with Crippen molar-refractivity contribution in [2.75, 3.05) is 32.6 Å². The van der Waals surface area contributed by atoms with Crippen molar-refractivity contribution in [3.05, 3.63) is 24.3 Å². The second kappa shape index (κ2) is 7.94. The number of likely N-dealkylation sites (N-methyl/N-ethyl adjacent to an activating group) is 1. The standard InChI is InChI=1S/C16H23N3O4/c1-19(2)15(20)10-22-12-5-3-4-11(8-12)18-16(21)14-7-6-13(9-17)23-14/h3-5,8,13-14H,6-7,9-10,17H2,1-2H3,(H,18,21)/t13-,14+/m1/s1. The molecule has 1 fully saturated rings. The average molecular weight is 321 g/mol. The molecule has 0 bridgehead atoms. The fraction of sp³-hybridized carbons (Fsp3) is 0.500. The van der Waals surface area contributed by atoms with Crippen LogP contribution in [-0.2, 0) is 14.3 Å². The minimum Gasteiger partial charge on any atom is -0.484 e. The summed E-state index contributed by atoms with van der Waals surface area (Å²) in [7, 11) is 3.33. The van der Waals surface area contributed by atoms with Crippen LogP contribution in [0.1, 0.15) is 12.8 Å². The van der Waals surface area contributed by atoms with Gasteiger partial charge in [-0.25, -0.2) is 0 Å². The zero-order valence-corrected chi connectivity index (χ0v) is 13.5. The SMILES string of the molecule is CN(C)C(=O)COc1cccc(NC(=O)[C@@H]2CC[C@H](CN)O2)c1. The number of hydrogen-bond acceptors (Lipinski definition) is 5. The van der Waals surface area contributed by atoms with Crippen molar-refractivity contribution >= 4 is 17.5 Å². The van der Waals surface area contributed by atoms with Gasteiger partial charge in [0, 0.05) is 32.4 Å². The van der Waals surface area contributed by atoms with E-state index in [4.69, 9.17) is 15.2 Å². The molecule has 7 heteroatoms. The van der Waals surface area contributed by atoms with E-state index < -0.39 is 6.10 Å². The van der Waals surface area contributed by atoms with E-state index in [1.807, 2.05) is 0 Å². The van der Waals surface area contributed by atoms with Gasteiger partial charge >= 0.3 is 0 Å². The molecule has 1 aliphatic heterocycles. The Labute approximate surface area is 135 Å². The maximum Gasteiger partial charge on any atom is 0.259 e. The first-order chi connectivity index (χ1) is 11.0. The molecule has 3 N–H and O–H groups in total. The van der Waals surface area contributed by atoms with Crippen LogP contribution < -0.4 is 15.8 Å². The van der Waals surface area contributed by atoms with Crippen LogP contribution in [0.25, 0.3) is 0 Å². The van der Waals surface area contributed by atoms with E-state index in [-0.39, 0.29) is 24.5 Å². The number of carbonyl (C=O) groups excluding carboxylic acids is 2. The largest absolute Gasteiger partial charge is 0.484 e. The third kappa shape index (κ3) is 4.94. The Morgan fingerprint density at radius 3 is 2.83 bits per heavy atom. The number of nitrogens with zero attached hydrogens (tertiary/aromatic N) is 1. The Bertz CT molecular complexity index is 562. The highest BCUT2D eigenvalue weighted by atomic mass is 16.5. The van der Waals surface area contributed by atoms with Gasteiger partial charge in [0.25, 0.3) is 11.8 Å². The van der Waals surface area contributed by atoms with Crippen LogP contribution in [0.4, 0.5) is 5.69 Å². The average Bonchev–Trinajstić information content (AvgIpc) is 3.02. The molecule has 1 heterocycles. The number of hydrogen-bond donors (Lipinski definition) is 2. The van der Waals surface area contributed by atoms with Crippen molar-refractivity contribution < 1.29 is 19.1 Å². The lowest BCUT2D eigenvalue weighted by Crippen LogP contribution is -2.29. The molecule has 0 saturated carbocycles. The number of carbonyl (C=O) groups is 2. The van der Waals surface area contributed by atoms with E-state index >= 15 is 0 Å². The van der Waals surface area contributed by atoms with Crippen molar-refractivity contribution in [2.45, 2.75) is 25.0 Å². The molecule has 0 aliphatic carbocycles. The van der Waals surface area contributed by atoms with Gasteiger partial charge in [-0.3, -0.25) is 9.59 Å². The highest BCUT2D eigenvalue weighted by Gasteiger charge is 2.29. The number of nitrogens with two attached hydrogens (primary N) is 1. The third-order valence-corrected chi connectivity index (χ3v) is 3.63. The molecule has 1 saturated heterocycles. The maximum absolute atomic E-state index is 12.2. The Kier molecular flexibility index (Phi) is 5.95. The summed E-state index contributed by atoms with van der Waals surface area (Å²) in [5, 5.41) is 2.80. The first kappa shape index (κ1) is 17.2. The van der Waals surface area contributed by atoms with Gasteiger partial charge in [-0.1, -0.05) is 6.07 Å². The second-order valence-corrected chi connectivity index (χ2v) is 5.65. The van der Waals surface area contributed by atoms with Crippen LogP contribution in [0.3, 0.4) is 0 Å². The minimum atomic E-state index is -0.469. The van der Waals surface area contributed by atoms with E-state index in [0.29, 0.717) is 24.4 Å². The molecule has 1 aromatic carbocycles. The fourth-order valence-electron chi connectivity index (χ4n) is 2.23. The van der Waals surface area contributed by atoms with E-state index in [9.17, 15) is 9.59 Å². The van der Waals surface area contributed by atoms with Gasteiger partial charge in [-0.2, -0.15) is 0 Å². The van der Waals surface area contributed by atoms with Crippen LogP contribution in [-0.4, -0.2) is 56.2 Å². The van der Waals surface area contributed by atoms with Crippen LogP contribution in [0, 0.1) is 0 Å². The molecule has 2 atom stereocenters. The molecular formula is C16H23N3O4. The molecular weight excluding hydrogens is 298 g/mol. The number of amides is 2. The fourth-order valence-corrected chi connectivity index (χ4v) is 2.23. The lowest BCUT2D eigenvalue weighted by Gasteiger charge is -2.14. The van der Waals surface area contributed by atoms with E-state index in [1.54, 1.807) is 38.4 Å². The van der Waals surface area contributed by atoms with Gasteiger partial charge in [-0.15, -0.1) is 0 Å². The summed E-state index contributed by atoms with van der Waals surface area (Å²) in [6.45, 7) is 0.376. The molecule has 126 valence electrons. The van der Waals surface area contributed by atoms with Gasteiger partial charge < -0.3 is 25.4 Å². The van der Waals surface area contributed by atoms with E-state index in [2.05, 4.69) is 5.32 Å². The summed E-state index contributed by atoms with van der Waals surface area (Å²) in [6, 6.07) is 6.92. The molecule has 23 heavy (non-hydrogen) atoms. The predicted molar refractivity (Wildman–Crippen MR) is 86.2 cm³/mol. The predicted octanol–water partition coefficient (Wildman–Crippen LogP) is 0.598. The van der Waals surface area contributed by atoms with Crippen LogP contribution in [0.2, 0.25) is 0 Å². The molecule has 0 radical (unpaired) electrons. The van der Waals surface area contributed by atoms with Gasteiger partial charge in [0.1, 0.15) is 11.9 Å². The monoisotopic (exact) mass is 321 g/mol. The minimum absolute atomic E-state index is 0.0440. The Balaban J connectivity index is 1.89.